The van der Waals surface area contributed by atoms with E-state index >= 15 is 0 Å². The molecule has 0 spiro atoms. The molecule has 4 nitrogen and oxygen atoms in total. The number of aryl methyl sites for hydroxylation is 2. The first-order valence-electron chi connectivity index (χ1n) is 7.94. The van der Waals surface area contributed by atoms with Crippen molar-refractivity contribution in [3.63, 3.8) is 0 Å². The number of para-hydroxylation sites is 2. The van der Waals surface area contributed by atoms with E-state index < -0.39 is 0 Å². The molecule has 23 heavy (non-hydrogen) atoms. The van der Waals surface area contributed by atoms with Crippen LogP contribution < -0.4 is 15.0 Å². The van der Waals surface area contributed by atoms with Gasteiger partial charge in [-0.1, -0.05) is 18.2 Å². The Kier molecular flexibility index (Phi) is 4.51. The van der Waals surface area contributed by atoms with E-state index in [4.69, 9.17) is 4.74 Å². The zero-order chi connectivity index (χ0) is 16.2. The summed E-state index contributed by atoms with van der Waals surface area (Å²) in [6.45, 7) is 0.0144. The number of carbonyl (C=O) groups excluding carboxylic acids is 1. The Hall–Kier alpha value is -2.49. The number of hydrogen-bond donors (Lipinski definition) is 1. The molecule has 1 N–H and O–H groups in total. The van der Waals surface area contributed by atoms with Crippen molar-refractivity contribution >= 4 is 17.3 Å². The van der Waals surface area contributed by atoms with Crippen LogP contribution in [0.5, 0.6) is 5.75 Å². The molecule has 0 saturated carbocycles. The maximum absolute atomic E-state index is 12.1. The number of hydrogen-bond acceptors (Lipinski definition) is 3. The molecule has 0 aliphatic heterocycles. The zero-order valence-corrected chi connectivity index (χ0v) is 13.6. The molecule has 0 aromatic heterocycles. The SMILES string of the molecule is CN(C)c1ccccc1NC(=O)COc1ccc2c(c1)CCC2. The third kappa shape index (κ3) is 3.65. The molecule has 1 aliphatic rings. The summed E-state index contributed by atoms with van der Waals surface area (Å²) in [5.74, 6) is 0.612. The minimum Gasteiger partial charge on any atom is -0.484 e. The molecule has 2 aromatic carbocycles. The molecule has 1 amide bonds. The van der Waals surface area contributed by atoms with Gasteiger partial charge >= 0.3 is 0 Å². The second-order valence-electron chi connectivity index (χ2n) is 6.03. The van der Waals surface area contributed by atoms with Crippen molar-refractivity contribution in [2.45, 2.75) is 19.3 Å². The molecule has 0 saturated heterocycles. The maximum atomic E-state index is 12.1. The van der Waals surface area contributed by atoms with E-state index in [1.807, 2.05) is 49.3 Å². The summed E-state index contributed by atoms with van der Waals surface area (Å²) < 4.78 is 5.64. The summed E-state index contributed by atoms with van der Waals surface area (Å²) in [5, 5.41) is 2.91. The van der Waals surface area contributed by atoms with Crippen molar-refractivity contribution in [2.75, 3.05) is 30.9 Å². The standard InChI is InChI=1S/C19H22N2O2/c1-21(2)18-9-4-3-8-17(18)20-19(22)13-23-16-11-10-14-6-5-7-15(14)12-16/h3-4,8-12H,5-7,13H2,1-2H3,(H,20,22). The van der Waals surface area contributed by atoms with Gasteiger partial charge in [0.15, 0.2) is 6.61 Å². The van der Waals surface area contributed by atoms with Crippen LogP contribution in [-0.2, 0) is 17.6 Å². The van der Waals surface area contributed by atoms with Gasteiger partial charge in [-0.25, -0.2) is 0 Å². The highest BCUT2D eigenvalue weighted by atomic mass is 16.5. The molecular formula is C19H22N2O2. The minimum absolute atomic E-state index is 0.0144. The van der Waals surface area contributed by atoms with Gasteiger partial charge in [-0.15, -0.1) is 0 Å². The van der Waals surface area contributed by atoms with Crippen LogP contribution in [-0.4, -0.2) is 26.6 Å². The second-order valence-corrected chi connectivity index (χ2v) is 6.03. The van der Waals surface area contributed by atoms with Crippen molar-refractivity contribution in [3.05, 3.63) is 53.6 Å². The lowest BCUT2D eigenvalue weighted by Gasteiger charge is -2.17. The number of carbonyl (C=O) groups is 1. The molecule has 0 unspecified atom stereocenters. The fraction of sp³-hybridized carbons (Fsp3) is 0.316. The number of nitrogens with one attached hydrogen (secondary N) is 1. The van der Waals surface area contributed by atoms with Crippen LogP contribution in [0.25, 0.3) is 0 Å². The summed E-state index contributed by atoms with van der Waals surface area (Å²) in [5.41, 5.74) is 4.51. The van der Waals surface area contributed by atoms with E-state index in [0.29, 0.717) is 0 Å². The number of amides is 1. The van der Waals surface area contributed by atoms with Crippen LogP contribution in [0.15, 0.2) is 42.5 Å². The maximum Gasteiger partial charge on any atom is 0.262 e. The third-order valence-electron chi connectivity index (χ3n) is 4.10. The fourth-order valence-electron chi connectivity index (χ4n) is 2.94. The molecule has 4 heteroatoms. The topological polar surface area (TPSA) is 41.6 Å². The van der Waals surface area contributed by atoms with E-state index in [9.17, 15) is 4.79 Å². The van der Waals surface area contributed by atoms with Gasteiger partial charge in [0.2, 0.25) is 0 Å². The van der Waals surface area contributed by atoms with Gasteiger partial charge in [-0.3, -0.25) is 4.79 Å². The summed E-state index contributed by atoms with van der Waals surface area (Å²) >= 11 is 0. The lowest BCUT2D eigenvalue weighted by atomic mass is 10.1. The minimum atomic E-state index is -0.153. The Morgan fingerprint density at radius 1 is 1.13 bits per heavy atom. The smallest absolute Gasteiger partial charge is 0.262 e. The lowest BCUT2D eigenvalue weighted by Crippen LogP contribution is -2.22. The van der Waals surface area contributed by atoms with Crippen molar-refractivity contribution in [2.24, 2.45) is 0 Å². The largest absolute Gasteiger partial charge is 0.484 e. The van der Waals surface area contributed by atoms with Crippen LogP contribution in [0.1, 0.15) is 17.5 Å². The molecule has 0 heterocycles. The number of ether oxygens (including phenoxy) is 1. The highest BCUT2D eigenvalue weighted by Gasteiger charge is 2.12. The third-order valence-corrected chi connectivity index (χ3v) is 4.10. The van der Waals surface area contributed by atoms with E-state index in [-0.39, 0.29) is 12.5 Å². The number of fused-ring (bicyclic) bond motifs is 1. The molecule has 120 valence electrons. The quantitative estimate of drug-likeness (QED) is 0.921. The van der Waals surface area contributed by atoms with Crippen LogP contribution >= 0.6 is 0 Å². The first kappa shape index (κ1) is 15.4. The van der Waals surface area contributed by atoms with E-state index in [1.165, 1.54) is 17.5 Å². The van der Waals surface area contributed by atoms with Gasteiger partial charge < -0.3 is 15.0 Å². The first-order chi connectivity index (χ1) is 11.1. The Bertz CT molecular complexity index is 710. The lowest BCUT2D eigenvalue weighted by molar-refractivity contribution is -0.118. The van der Waals surface area contributed by atoms with Crippen molar-refractivity contribution < 1.29 is 9.53 Å². The van der Waals surface area contributed by atoms with Crippen molar-refractivity contribution in [3.8, 4) is 5.75 Å². The second kappa shape index (κ2) is 6.73. The summed E-state index contributed by atoms with van der Waals surface area (Å²) in [4.78, 5) is 14.1. The van der Waals surface area contributed by atoms with Gasteiger partial charge in [0.05, 0.1) is 11.4 Å². The van der Waals surface area contributed by atoms with Crippen LogP contribution in [0.2, 0.25) is 0 Å². The molecular weight excluding hydrogens is 288 g/mol. The van der Waals surface area contributed by atoms with Gasteiger partial charge in [0, 0.05) is 14.1 Å². The fourth-order valence-corrected chi connectivity index (χ4v) is 2.94. The molecule has 2 aromatic rings. The van der Waals surface area contributed by atoms with Gasteiger partial charge in [-0.2, -0.15) is 0 Å². The van der Waals surface area contributed by atoms with Crippen molar-refractivity contribution in [1.29, 1.82) is 0 Å². The van der Waals surface area contributed by atoms with Crippen LogP contribution in [0.3, 0.4) is 0 Å². The number of nitrogens with zero attached hydrogens (tertiary/aromatic N) is 1. The van der Waals surface area contributed by atoms with Gasteiger partial charge in [0.1, 0.15) is 5.75 Å². The molecule has 0 atom stereocenters. The Morgan fingerprint density at radius 3 is 2.74 bits per heavy atom. The number of benzene rings is 2. The Labute approximate surface area is 137 Å². The summed E-state index contributed by atoms with van der Waals surface area (Å²) in [6, 6.07) is 13.8. The highest BCUT2D eigenvalue weighted by Crippen LogP contribution is 2.26. The van der Waals surface area contributed by atoms with Crippen molar-refractivity contribution in [1.82, 2.24) is 0 Å². The summed E-state index contributed by atoms with van der Waals surface area (Å²) in [7, 11) is 3.90. The van der Waals surface area contributed by atoms with Gasteiger partial charge in [0.25, 0.3) is 5.91 Å². The van der Waals surface area contributed by atoms with E-state index in [1.54, 1.807) is 0 Å². The number of rotatable bonds is 5. The molecule has 0 radical (unpaired) electrons. The van der Waals surface area contributed by atoms with E-state index in [0.717, 1.165) is 30.0 Å². The molecule has 0 bridgehead atoms. The zero-order valence-electron chi connectivity index (χ0n) is 13.6. The van der Waals surface area contributed by atoms with Crippen LogP contribution in [0.4, 0.5) is 11.4 Å². The average Bonchev–Trinajstić information content (AvgIpc) is 3.01. The monoisotopic (exact) mass is 310 g/mol. The molecule has 1 aliphatic carbocycles. The molecule has 0 fully saturated rings. The normalized spacial score (nSPS) is 12.6. The van der Waals surface area contributed by atoms with E-state index in [2.05, 4.69) is 17.4 Å². The Morgan fingerprint density at radius 2 is 1.91 bits per heavy atom. The highest BCUT2D eigenvalue weighted by molar-refractivity contribution is 5.95. The van der Waals surface area contributed by atoms with Crippen LogP contribution in [0, 0.1) is 0 Å². The predicted molar refractivity (Wildman–Crippen MR) is 93.4 cm³/mol. The first-order valence-corrected chi connectivity index (χ1v) is 7.94. The molecule has 3 rings (SSSR count). The summed E-state index contributed by atoms with van der Waals surface area (Å²) in [6.07, 6.45) is 3.47. The number of anilines is 2. The average molecular weight is 310 g/mol. The Balaban J connectivity index is 1.60. The van der Waals surface area contributed by atoms with Gasteiger partial charge in [-0.05, 0) is 54.7 Å². The predicted octanol–water partition coefficient (Wildman–Crippen LogP) is 3.26.